The van der Waals surface area contributed by atoms with Gasteiger partial charge in [0, 0.05) is 30.6 Å². The number of benzene rings is 1. The third-order valence-electron chi connectivity index (χ3n) is 8.18. The monoisotopic (exact) mass is 537 g/mol. The van der Waals surface area contributed by atoms with E-state index in [0.717, 1.165) is 31.2 Å². The second kappa shape index (κ2) is 11.7. The lowest BCUT2D eigenvalue weighted by atomic mass is 9.80. The van der Waals surface area contributed by atoms with Gasteiger partial charge in [-0.05, 0) is 56.4 Å². The Labute approximate surface area is 226 Å². The summed E-state index contributed by atoms with van der Waals surface area (Å²) in [6, 6.07) is 8.44. The summed E-state index contributed by atoms with van der Waals surface area (Å²) in [5.74, 6) is -0.738. The first kappa shape index (κ1) is 26.5. The number of aryl methyl sites for hydroxylation is 1. The molecule has 2 saturated heterocycles. The Kier molecular flexibility index (Phi) is 8.18. The number of rotatable bonds is 8. The van der Waals surface area contributed by atoms with Crippen molar-refractivity contribution in [3.05, 3.63) is 52.5 Å². The van der Waals surface area contributed by atoms with Crippen molar-refractivity contribution in [1.82, 2.24) is 20.1 Å². The first-order valence-corrected chi connectivity index (χ1v) is 14.4. The number of piperazine rings is 1. The Hall–Kier alpha value is -3.11. The van der Waals surface area contributed by atoms with Gasteiger partial charge in [0.15, 0.2) is 5.01 Å². The van der Waals surface area contributed by atoms with Crippen molar-refractivity contribution in [2.75, 3.05) is 13.1 Å². The maximum atomic E-state index is 13.5. The van der Waals surface area contributed by atoms with E-state index >= 15 is 0 Å². The summed E-state index contributed by atoms with van der Waals surface area (Å²) in [6.07, 6.45) is 6.88. The van der Waals surface area contributed by atoms with E-state index in [0.29, 0.717) is 37.2 Å². The standard InChI is InChI=1S/C28H35N5O4S/c29-20-9-7-19(8-10-20)25(26(36)28-30-14-15-38-28)31-27(37)22-12-11-21-16-32(17-24(35)33(21)22)23(34)13-6-18-4-2-1-3-5-18/h1-5,14-15,19-22,25H,6-13,16-17,29H2,(H,31,37). The average Bonchev–Trinajstić information content (AvgIpc) is 3.62. The topological polar surface area (TPSA) is 126 Å². The van der Waals surface area contributed by atoms with Crippen molar-refractivity contribution in [3.8, 4) is 0 Å². The van der Waals surface area contributed by atoms with Crippen LogP contribution in [0, 0.1) is 5.92 Å². The highest BCUT2D eigenvalue weighted by Gasteiger charge is 2.46. The van der Waals surface area contributed by atoms with Gasteiger partial charge < -0.3 is 20.9 Å². The van der Waals surface area contributed by atoms with E-state index in [-0.39, 0.29) is 48.1 Å². The Balaban J connectivity index is 1.22. The Morgan fingerprint density at radius 1 is 1.08 bits per heavy atom. The zero-order valence-corrected chi connectivity index (χ0v) is 22.3. The van der Waals surface area contributed by atoms with E-state index in [1.807, 2.05) is 30.3 Å². The first-order valence-electron chi connectivity index (χ1n) is 13.5. The van der Waals surface area contributed by atoms with Gasteiger partial charge in [0.05, 0.1) is 18.6 Å². The van der Waals surface area contributed by atoms with Crippen LogP contribution in [0.3, 0.4) is 0 Å². The molecule has 0 spiro atoms. The number of fused-ring (bicyclic) bond motifs is 1. The summed E-state index contributed by atoms with van der Waals surface area (Å²) in [5.41, 5.74) is 7.17. The minimum atomic E-state index is -0.684. The number of thiazole rings is 1. The van der Waals surface area contributed by atoms with Crippen molar-refractivity contribution in [2.45, 2.75) is 75.5 Å². The van der Waals surface area contributed by atoms with Crippen LogP contribution in [0.1, 0.15) is 60.3 Å². The zero-order valence-electron chi connectivity index (χ0n) is 21.5. The van der Waals surface area contributed by atoms with Crippen LogP contribution in [-0.4, -0.2) is 75.5 Å². The lowest BCUT2D eigenvalue weighted by molar-refractivity contribution is -0.151. The number of nitrogens with one attached hydrogen (secondary N) is 1. The molecule has 3 heterocycles. The lowest BCUT2D eigenvalue weighted by Gasteiger charge is -2.40. The molecule has 38 heavy (non-hydrogen) atoms. The molecule has 3 atom stereocenters. The third kappa shape index (κ3) is 5.81. The van der Waals surface area contributed by atoms with Crippen molar-refractivity contribution < 1.29 is 19.2 Å². The largest absolute Gasteiger partial charge is 0.344 e. The van der Waals surface area contributed by atoms with E-state index in [1.165, 1.54) is 11.3 Å². The fourth-order valence-electron chi connectivity index (χ4n) is 6.11. The number of nitrogens with two attached hydrogens (primary N) is 1. The van der Waals surface area contributed by atoms with Crippen molar-refractivity contribution >= 4 is 34.8 Å². The SMILES string of the molecule is NC1CCC(C(NC(=O)C2CCC3CN(C(=O)CCc4ccccc4)CC(=O)N32)C(=O)c2nccs2)CC1. The summed E-state index contributed by atoms with van der Waals surface area (Å²) in [7, 11) is 0. The van der Waals surface area contributed by atoms with Gasteiger partial charge in [-0.25, -0.2) is 4.98 Å². The molecule has 0 radical (unpaired) electrons. The number of carbonyl (C=O) groups excluding carboxylic acids is 4. The van der Waals surface area contributed by atoms with Crippen LogP contribution in [-0.2, 0) is 20.8 Å². The Bertz CT molecular complexity index is 1150. The molecular weight excluding hydrogens is 502 g/mol. The minimum absolute atomic E-state index is 0.0119. The molecule has 3 fully saturated rings. The second-order valence-electron chi connectivity index (χ2n) is 10.7. The molecule has 0 bridgehead atoms. The molecular formula is C28H35N5O4S. The number of ketones is 1. The first-order chi connectivity index (χ1) is 18.4. The van der Waals surface area contributed by atoms with Gasteiger partial charge in [0.1, 0.15) is 6.04 Å². The van der Waals surface area contributed by atoms with Gasteiger partial charge in [0.25, 0.3) is 0 Å². The molecule has 2 aromatic rings. The molecule has 3 amide bonds. The summed E-state index contributed by atoms with van der Waals surface area (Å²) in [4.78, 5) is 60.4. The third-order valence-corrected chi connectivity index (χ3v) is 8.97. The Morgan fingerprint density at radius 2 is 1.84 bits per heavy atom. The molecule has 202 valence electrons. The Morgan fingerprint density at radius 3 is 2.55 bits per heavy atom. The molecule has 10 heteroatoms. The van der Waals surface area contributed by atoms with Gasteiger partial charge in [-0.3, -0.25) is 19.2 Å². The number of amides is 3. The highest BCUT2D eigenvalue weighted by Crippen LogP contribution is 2.31. The fraction of sp³-hybridized carbons (Fsp3) is 0.536. The molecule has 1 saturated carbocycles. The van der Waals surface area contributed by atoms with E-state index < -0.39 is 12.1 Å². The molecule has 3 N–H and O–H groups in total. The quantitative estimate of drug-likeness (QED) is 0.497. The maximum Gasteiger partial charge on any atom is 0.243 e. The molecule has 1 aromatic carbocycles. The molecule has 3 unspecified atom stereocenters. The number of nitrogens with zero attached hydrogens (tertiary/aromatic N) is 3. The number of aromatic nitrogens is 1. The van der Waals surface area contributed by atoms with Gasteiger partial charge >= 0.3 is 0 Å². The fourth-order valence-corrected chi connectivity index (χ4v) is 6.72. The number of hydrogen-bond acceptors (Lipinski definition) is 7. The summed E-state index contributed by atoms with van der Waals surface area (Å²) in [6.45, 7) is 0.418. The summed E-state index contributed by atoms with van der Waals surface area (Å²) in [5, 5.41) is 5.16. The number of hydrogen-bond donors (Lipinski definition) is 2. The smallest absolute Gasteiger partial charge is 0.243 e. The molecule has 1 aliphatic carbocycles. The predicted molar refractivity (Wildman–Crippen MR) is 143 cm³/mol. The summed E-state index contributed by atoms with van der Waals surface area (Å²) >= 11 is 1.27. The lowest BCUT2D eigenvalue weighted by Crippen LogP contribution is -2.61. The van der Waals surface area contributed by atoms with Gasteiger partial charge in [-0.1, -0.05) is 30.3 Å². The maximum absolute atomic E-state index is 13.5. The zero-order chi connectivity index (χ0) is 26.6. The molecule has 5 rings (SSSR count). The second-order valence-corrected chi connectivity index (χ2v) is 11.6. The van der Waals surface area contributed by atoms with Crippen molar-refractivity contribution in [2.24, 2.45) is 11.7 Å². The molecule has 3 aliphatic rings. The van der Waals surface area contributed by atoms with E-state index in [1.54, 1.807) is 21.4 Å². The van der Waals surface area contributed by atoms with Crippen LogP contribution < -0.4 is 11.1 Å². The van der Waals surface area contributed by atoms with Crippen LogP contribution in [0.25, 0.3) is 0 Å². The molecule has 9 nitrogen and oxygen atoms in total. The van der Waals surface area contributed by atoms with Crippen molar-refractivity contribution in [1.29, 1.82) is 0 Å². The number of carbonyl (C=O) groups is 4. The van der Waals surface area contributed by atoms with Crippen LogP contribution >= 0.6 is 11.3 Å². The highest BCUT2D eigenvalue weighted by atomic mass is 32.1. The summed E-state index contributed by atoms with van der Waals surface area (Å²) < 4.78 is 0. The average molecular weight is 538 g/mol. The van der Waals surface area contributed by atoms with Gasteiger partial charge in [-0.15, -0.1) is 11.3 Å². The predicted octanol–water partition coefficient (Wildman–Crippen LogP) is 2.16. The van der Waals surface area contributed by atoms with E-state index in [4.69, 9.17) is 5.73 Å². The molecule has 1 aromatic heterocycles. The normalized spacial score (nSPS) is 26.1. The molecule has 2 aliphatic heterocycles. The van der Waals surface area contributed by atoms with Crippen LogP contribution in [0.2, 0.25) is 0 Å². The van der Waals surface area contributed by atoms with Crippen molar-refractivity contribution in [3.63, 3.8) is 0 Å². The number of Topliss-reactive ketones (excluding diaryl/α,β-unsaturated/α-hetero) is 1. The highest BCUT2D eigenvalue weighted by molar-refractivity contribution is 7.11. The van der Waals surface area contributed by atoms with Crippen LogP contribution in [0.5, 0.6) is 0 Å². The van der Waals surface area contributed by atoms with Crippen LogP contribution in [0.4, 0.5) is 0 Å². The van der Waals surface area contributed by atoms with E-state index in [2.05, 4.69) is 10.3 Å². The van der Waals surface area contributed by atoms with Crippen LogP contribution in [0.15, 0.2) is 41.9 Å². The van der Waals surface area contributed by atoms with Gasteiger partial charge in [0.2, 0.25) is 23.5 Å². The van der Waals surface area contributed by atoms with E-state index in [9.17, 15) is 19.2 Å². The van der Waals surface area contributed by atoms with Gasteiger partial charge in [-0.2, -0.15) is 0 Å². The minimum Gasteiger partial charge on any atom is -0.344 e.